The van der Waals surface area contributed by atoms with Crippen molar-refractivity contribution in [3.63, 3.8) is 0 Å². The molecule has 1 unspecified atom stereocenters. The van der Waals surface area contributed by atoms with E-state index in [1.54, 1.807) is 11.2 Å². The zero-order valence-electron chi connectivity index (χ0n) is 11.1. The molecule has 0 aromatic carbocycles. The van der Waals surface area contributed by atoms with E-state index in [1.165, 1.54) is 0 Å². The Hall–Kier alpha value is -0.170. The molecule has 6 heteroatoms. The van der Waals surface area contributed by atoms with E-state index in [9.17, 15) is 13.5 Å². The topological polar surface area (TPSA) is 69.6 Å². The lowest BCUT2D eigenvalue weighted by atomic mass is 9.95. The van der Waals surface area contributed by atoms with Crippen LogP contribution in [-0.4, -0.2) is 55.4 Å². The molecule has 0 radical (unpaired) electrons. The summed E-state index contributed by atoms with van der Waals surface area (Å²) in [5.74, 6) is 0.494. The normalized spacial score (nSPS) is 30.2. The Morgan fingerprint density at radius 2 is 2.06 bits per heavy atom. The van der Waals surface area contributed by atoms with Crippen molar-refractivity contribution in [3.8, 4) is 0 Å². The highest BCUT2D eigenvalue weighted by atomic mass is 32.2. The Labute approximate surface area is 110 Å². The second-order valence-corrected chi connectivity index (χ2v) is 7.90. The van der Waals surface area contributed by atoms with E-state index < -0.39 is 15.6 Å². The van der Waals surface area contributed by atoms with Crippen molar-refractivity contribution in [2.24, 2.45) is 5.92 Å². The molecule has 0 aromatic heterocycles. The van der Waals surface area contributed by atoms with Crippen LogP contribution in [0.4, 0.5) is 0 Å². The summed E-state index contributed by atoms with van der Waals surface area (Å²) >= 11 is 0. The lowest BCUT2D eigenvalue weighted by molar-refractivity contribution is 0.0125. The number of hydrogen-bond acceptors (Lipinski definition) is 4. The predicted molar refractivity (Wildman–Crippen MR) is 70.8 cm³/mol. The third-order valence-electron chi connectivity index (χ3n) is 4.04. The minimum absolute atomic E-state index is 0.242. The molecule has 2 saturated heterocycles. The summed E-state index contributed by atoms with van der Waals surface area (Å²) in [5, 5.41) is 13.1. The Bertz CT molecular complexity index is 365. The van der Waals surface area contributed by atoms with Gasteiger partial charge in [0.1, 0.15) is 0 Å². The van der Waals surface area contributed by atoms with E-state index in [0.717, 1.165) is 25.9 Å². The SMILES string of the molecule is CC1(O)CCN(S(=O)(=O)CC2CCCNC2)CC1. The monoisotopic (exact) mass is 276 g/mol. The summed E-state index contributed by atoms with van der Waals surface area (Å²) in [4.78, 5) is 0. The summed E-state index contributed by atoms with van der Waals surface area (Å²) in [6, 6.07) is 0. The zero-order chi connectivity index (χ0) is 13.2. The summed E-state index contributed by atoms with van der Waals surface area (Å²) in [7, 11) is -3.15. The van der Waals surface area contributed by atoms with E-state index in [4.69, 9.17) is 0 Å². The van der Waals surface area contributed by atoms with Gasteiger partial charge in [-0.05, 0) is 51.6 Å². The fraction of sp³-hybridized carbons (Fsp3) is 1.00. The average molecular weight is 276 g/mol. The molecule has 0 bridgehead atoms. The van der Waals surface area contributed by atoms with Gasteiger partial charge in [0.15, 0.2) is 0 Å². The Morgan fingerprint density at radius 1 is 1.39 bits per heavy atom. The fourth-order valence-corrected chi connectivity index (χ4v) is 4.55. The summed E-state index contributed by atoms with van der Waals surface area (Å²) < 4.78 is 26.1. The van der Waals surface area contributed by atoms with Crippen molar-refractivity contribution >= 4 is 10.0 Å². The van der Waals surface area contributed by atoms with Crippen molar-refractivity contribution in [1.82, 2.24) is 9.62 Å². The first-order valence-corrected chi connectivity index (χ1v) is 8.41. The quantitative estimate of drug-likeness (QED) is 0.770. The number of aliphatic hydroxyl groups is 1. The highest BCUT2D eigenvalue weighted by Crippen LogP contribution is 2.24. The number of sulfonamides is 1. The van der Waals surface area contributed by atoms with Crippen LogP contribution in [0.15, 0.2) is 0 Å². The molecule has 0 spiro atoms. The van der Waals surface area contributed by atoms with Crippen molar-refractivity contribution in [2.45, 2.75) is 38.2 Å². The van der Waals surface area contributed by atoms with Crippen molar-refractivity contribution in [2.75, 3.05) is 31.9 Å². The third kappa shape index (κ3) is 3.66. The number of nitrogens with zero attached hydrogens (tertiary/aromatic N) is 1. The van der Waals surface area contributed by atoms with Gasteiger partial charge in [0, 0.05) is 13.1 Å². The van der Waals surface area contributed by atoms with Crippen molar-refractivity contribution < 1.29 is 13.5 Å². The highest BCUT2D eigenvalue weighted by molar-refractivity contribution is 7.89. The van der Waals surface area contributed by atoms with Gasteiger partial charge in [-0.1, -0.05) is 0 Å². The molecule has 2 heterocycles. The molecular formula is C12H24N2O3S. The second kappa shape index (κ2) is 5.45. The van der Waals surface area contributed by atoms with Gasteiger partial charge in [0.25, 0.3) is 0 Å². The zero-order valence-corrected chi connectivity index (χ0v) is 11.9. The highest BCUT2D eigenvalue weighted by Gasteiger charge is 2.34. The summed E-state index contributed by atoms with van der Waals surface area (Å²) in [6.45, 7) is 4.50. The second-order valence-electron chi connectivity index (χ2n) is 5.89. The van der Waals surface area contributed by atoms with E-state index in [-0.39, 0.29) is 11.7 Å². The van der Waals surface area contributed by atoms with E-state index in [0.29, 0.717) is 25.9 Å². The van der Waals surface area contributed by atoms with Crippen LogP contribution in [0.3, 0.4) is 0 Å². The van der Waals surface area contributed by atoms with Crippen molar-refractivity contribution in [1.29, 1.82) is 0 Å². The lowest BCUT2D eigenvalue weighted by Gasteiger charge is -2.36. The predicted octanol–water partition coefficient (Wildman–Crippen LogP) is 0.163. The number of rotatable bonds is 3. The van der Waals surface area contributed by atoms with Gasteiger partial charge in [-0.15, -0.1) is 0 Å². The van der Waals surface area contributed by atoms with Crippen LogP contribution in [0.25, 0.3) is 0 Å². The molecule has 2 aliphatic heterocycles. The van der Waals surface area contributed by atoms with Gasteiger partial charge < -0.3 is 10.4 Å². The molecule has 2 aliphatic rings. The molecule has 5 nitrogen and oxygen atoms in total. The Morgan fingerprint density at radius 3 is 2.61 bits per heavy atom. The molecular weight excluding hydrogens is 252 g/mol. The average Bonchev–Trinajstić information content (AvgIpc) is 2.29. The standard InChI is InChI=1S/C12H24N2O3S/c1-12(15)4-7-14(8-5-12)18(16,17)10-11-3-2-6-13-9-11/h11,13,15H,2-10H2,1H3. The van der Waals surface area contributed by atoms with Crippen LogP contribution >= 0.6 is 0 Å². The maximum absolute atomic E-state index is 12.3. The Balaban J connectivity index is 1.90. The number of piperidine rings is 2. The molecule has 18 heavy (non-hydrogen) atoms. The largest absolute Gasteiger partial charge is 0.390 e. The fourth-order valence-electron chi connectivity index (χ4n) is 2.72. The van der Waals surface area contributed by atoms with Gasteiger partial charge in [0.2, 0.25) is 10.0 Å². The number of nitrogens with one attached hydrogen (secondary N) is 1. The lowest BCUT2D eigenvalue weighted by Crippen LogP contribution is -2.47. The minimum atomic E-state index is -3.15. The summed E-state index contributed by atoms with van der Waals surface area (Å²) in [6.07, 6.45) is 3.14. The van der Waals surface area contributed by atoms with Crippen LogP contribution in [0.5, 0.6) is 0 Å². The van der Waals surface area contributed by atoms with E-state index in [2.05, 4.69) is 5.32 Å². The molecule has 0 aromatic rings. The van der Waals surface area contributed by atoms with E-state index in [1.807, 2.05) is 0 Å². The molecule has 0 saturated carbocycles. The maximum Gasteiger partial charge on any atom is 0.214 e. The first kappa shape index (κ1) is 14.2. The first-order valence-electron chi connectivity index (χ1n) is 6.80. The molecule has 1 atom stereocenters. The van der Waals surface area contributed by atoms with Gasteiger partial charge >= 0.3 is 0 Å². The van der Waals surface area contributed by atoms with Gasteiger partial charge in [-0.2, -0.15) is 0 Å². The molecule has 0 amide bonds. The van der Waals surface area contributed by atoms with Gasteiger partial charge in [-0.3, -0.25) is 0 Å². The Kier molecular flexibility index (Phi) is 4.31. The van der Waals surface area contributed by atoms with Gasteiger partial charge in [0.05, 0.1) is 11.4 Å². The third-order valence-corrected chi connectivity index (χ3v) is 6.08. The van der Waals surface area contributed by atoms with Crippen LogP contribution in [0.1, 0.15) is 32.6 Å². The smallest absolute Gasteiger partial charge is 0.214 e. The van der Waals surface area contributed by atoms with E-state index >= 15 is 0 Å². The minimum Gasteiger partial charge on any atom is -0.390 e. The van der Waals surface area contributed by atoms with Crippen LogP contribution in [-0.2, 0) is 10.0 Å². The molecule has 106 valence electrons. The molecule has 2 rings (SSSR count). The maximum atomic E-state index is 12.3. The molecule has 0 aliphatic carbocycles. The molecule has 2 N–H and O–H groups in total. The van der Waals surface area contributed by atoms with Crippen LogP contribution in [0, 0.1) is 5.92 Å². The molecule has 2 fully saturated rings. The van der Waals surface area contributed by atoms with Crippen LogP contribution in [0.2, 0.25) is 0 Å². The van der Waals surface area contributed by atoms with Crippen LogP contribution < -0.4 is 5.32 Å². The van der Waals surface area contributed by atoms with Gasteiger partial charge in [-0.25, -0.2) is 12.7 Å². The number of hydrogen-bond donors (Lipinski definition) is 2. The first-order chi connectivity index (χ1) is 8.39. The summed E-state index contributed by atoms with van der Waals surface area (Å²) in [5.41, 5.74) is -0.696. The van der Waals surface area contributed by atoms with Crippen molar-refractivity contribution in [3.05, 3.63) is 0 Å².